The average molecular weight is 238 g/mol. The van der Waals surface area contributed by atoms with Gasteiger partial charge in [-0.1, -0.05) is 12.1 Å². The van der Waals surface area contributed by atoms with Gasteiger partial charge < -0.3 is 4.74 Å². The Morgan fingerprint density at radius 1 is 1.33 bits per heavy atom. The van der Waals surface area contributed by atoms with Gasteiger partial charge in [-0.15, -0.1) is 0 Å². The standard InChI is InChI=1S/C14H10N2O2/c1-18-11-5-2-4-10(8-11)14(17)12-6-3-7-16-13(12)9-15/h2-8H,1H3. The van der Waals surface area contributed by atoms with E-state index < -0.39 is 0 Å². The van der Waals surface area contributed by atoms with Crippen LogP contribution >= 0.6 is 0 Å². The molecule has 2 aromatic rings. The molecular formula is C14H10N2O2. The molecule has 2 rings (SSSR count). The van der Waals surface area contributed by atoms with Gasteiger partial charge in [-0.05, 0) is 24.3 Å². The molecule has 0 radical (unpaired) electrons. The number of pyridine rings is 1. The number of methoxy groups -OCH3 is 1. The quantitative estimate of drug-likeness (QED) is 0.769. The van der Waals surface area contributed by atoms with Crippen molar-refractivity contribution in [3.63, 3.8) is 0 Å². The van der Waals surface area contributed by atoms with Crippen molar-refractivity contribution in [2.75, 3.05) is 7.11 Å². The maximum absolute atomic E-state index is 12.2. The lowest BCUT2D eigenvalue weighted by Gasteiger charge is -2.04. The first kappa shape index (κ1) is 11.8. The summed E-state index contributed by atoms with van der Waals surface area (Å²) < 4.78 is 5.06. The summed E-state index contributed by atoms with van der Waals surface area (Å²) in [4.78, 5) is 16.1. The summed E-state index contributed by atoms with van der Waals surface area (Å²) in [6.45, 7) is 0. The minimum Gasteiger partial charge on any atom is -0.497 e. The number of nitriles is 1. The molecular weight excluding hydrogens is 228 g/mol. The summed E-state index contributed by atoms with van der Waals surface area (Å²) in [5.74, 6) is 0.363. The molecule has 18 heavy (non-hydrogen) atoms. The lowest BCUT2D eigenvalue weighted by atomic mass is 10.0. The highest BCUT2D eigenvalue weighted by Gasteiger charge is 2.14. The molecule has 0 saturated heterocycles. The molecule has 1 aromatic heterocycles. The highest BCUT2D eigenvalue weighted by atomic mass is 16.5. The third kappa shape index (κ3) is 2.20. The third-order valence-electron chi connectivity index (χ3n) is 2.49. The zero-order chi connectivity index (χ0) is 13.0. The van der Waals surface area contributed by atoms with Gasteiger partial charge >= 0.3 is 0 Å². The number of ketones is 1. The van der Waals surface area contributed by atoms with Crippen molar-refractivity contribution < 1.29 is 9.53 Å². The van der Waals surface area contributed by atoms with Gasteiger partial charge in [0.15, 0.2) is 11.5 Å². The van der Waals surface area contributed by atoms with Crippen LogP contribution in [0.1, 0.15) is 21.6 Å². The van der Waals surface area contributed by atoms with Gasteiger partial charge in [-0.25, -0.2) is 4.98 Å². The van der Waals surface area contributed by atoms with Crippen LogP contribution in [0, 0.1) is 11.3 Å². The molecule has 0 amide bonds. The molecule has 4 heteroatoms. The minimum atomic E-state index is -0.237. The number of hydrogen-bond donors (Lipinski definition) is 0. The van der Waals surface area contributed by atoms with E-state index in [1.165, 1.54) is 13.3 Å². The smallest absolute Gasteiger partial charge is 0.196 e. The number of carbonyl (C=O) groups is 1. The molecule has 0 bridgehead atoms. The van der Waals surface area contributed by atoms with E-state index in [1.807, 2.05) is 6.07 Å². The molecule has 4 nitrogen and oxygen atoms in total. The Morgan fingerprint density at radius 3 is 2.89 bits per heavy atom. The molecule has 1 heterocycles. The van der Waals surface area contributed by atoms with Crippen molar-refractivity contribution in [2.45, 2.75) is 0 Å². The molecule has 0 unspecified atom stereocenters. The predicted molar refractivity (Wildman–Crippen MR) is 65.4 cm³/mol. The number of hydrogen-bond acceptors (Lipinski definition) is 4. The Morgan fingerprint density at radius 2 is 2.17 bits per heavy atom. The van der Waals surface area contributed by atoms with Gasteiger partial charge in [0.2, 0.25) is 0 Å². The molecule has 0 saturated carbocycles. The zero-order valence-electron chi connectivity index (χ0n) is 9.75. The Labute approximate surface area is 104 Å². The number of rotatable bonds is 3. The van der Waals surface area contributed by atoms with Gasteiger partial charge in [0.1, 0.15) is 11.8 Å². The van der Waals surface area contributed by atoms with Crippen LogP contribution in [0.15, 0.2) is 42.6 Å². The van der Waals surface area contributed by atoms with E-state index in [2.05, 4.69) is 4.98 Å². The summed E-state index contributed by atoms with van der Waals surface area (Å²) in [6, 6.07) is 11.9. The largest absolute Gasteiger partial charge is 0.497 e. The topological polar surface area (TPSA) is 63.0 Å². The van der Waals surface area contributed by atoms with Crippen LogP contribution in [-0.4, -0.2) is 17.9 Å². The van der Waals surface area contributed by atoms with Crippen LogP contribution in [0.25, 0.3) is 0 Å². The molecule has 1 aromatic carbocycles. The van der Waals surface area contributed by atoms with Crippen molar-refractivity contribution in [1.82, 2.24) is 4.98 Å². The molecule has 0 atom stereocenters. The second kappa shape index (κ2) is 5.11. The normalized spacial score (nSPS) is 9.56. The van der Waals surface area contributed by atoms with E-state index in [1.54, 1.807) is 36.4 Å². The summed E-state index contributed by atoms with van der Waals surface area (Å²) in [6.07, 6.45) is 1.49. The van der Waals surface area contributed by atoms with Gasteiger partial charge in [0.05, 0.1) is 12.7 Å². The Bertz CT molecular complexity index is 630. The highest BCUT2D eigenvalue weighted by Crippen LogP contribution is 2.17. The lowest BCUT2D eigenvalue weighted by Crippen LogP contribution is -2.05. The maximum Gasteiger partial charge on any atom is 0.196 e. The van der Waals surface area contributed by atoms with Crippen LogP contribution in [0.5, 0.6) is 5.75 Å². The van der Waals surface area contributed by atoms with Crippen molar-refractivity contribution in [3.05, 3.63) is 59.4 Å². The van der Waals surface area contributed by atoms with E-state index in [0.29, 0.717) is 16.9 Å². The third-order valence-corrected chi connectivity index (χ3v) is 2.49. The Balaban J connectivity index is 2.45. The fourth-order valence-corrected chi connectivity index (χ4v) is 1.60. The molecule has 88 valence electrons. The van der Waals surface area contributed by atoms with E-state index >= 15 is 0 Å². The maximum atomic E-state index is 12.2. The molecule has 0 fully saturated rings. The summed E-state index contributed by atoms with van der Waals surface area (Å²) in [7, 11) is 1.54. The Kier molecular flexibility index (Phi) is 3.35. The second-order valence-electron chi connectivity index (χ2n) is 3.57. The van der Waals surface area contributed by atoms with Gasteiger partial charge in [0, 0.05) is 11.8 Å². The van der Waals surface area contributed by atoms with Crippen molar-refractivity contribution in [2.24, 2.45) is 0 Å². The average Bonchev–Trinajstić information content (AvgIpc) is 2.46. The fourth-order valence-electron chi connectivity index (χ4n) is 1.60. The van der Waals surface area contributed by atoms with Gasteiger partial charge in [-0.3, -0.25) is 4.79 Å². The predicted octanol–water partition coefficient (Wildman–Crippen LogP) is 2.19. The number of benzene rings is 1. The number of nitrogens with zero attached hydrogens (tertiary/aromatic N) is 2. The SMILES string of the molecule is COc1cccc(C(=O)c2cccnc2C#N)c1. The summed E-state index contributed by atoms with van der Waals surface area (Å²) >= 11 is 0. The van der Waals surface area contributed by atoms with E-state index in [9.17, 15) is 4.79 Å². The van der Waals surface area contributed by atoms with Crippen molar-refractivity contribution in [3.8, 4) is 11.8 Å². The van der Waals surface area contributed by atoms with Crippen molar-refractivity contribution in [1.29, 1.82) is 5.26 Å². The van der Waals surface area contributed by atoms with Crippen LogP contribution < -0.4 is 4.74 Å². The fraction of sp³-hybridized carbons (Fsp3) is 0.0714. The molecule has 0 aliphatic carbocycles. The lowest BCUT2D eigenvalue weighted by molar-refractivity contribution is 0.103. The van der Waals surface area contributed by atoms with E-state index in [4.69, 9.17) is 10.00 Å². The van der Waals surface area contributed by atoms with Crippen LogP contribution in [0.3, 0.4) is 0 Å². The first-order chi connectivity index (χ1) is 8.76. The van der Waals surface area contributed by atoms with Crippen LogP contribution in [0.4, 0.5) is 0 Å². The first-order valence-electron chi connectivity index (χ1n) is 5.30. The summed E-state index contributed by atoms with van der Waals surface area (Å²) in [5.41, 5.74) is 0.900. The Hall–Kier alpha value is -2.67. The zero-order valence-corrected chi connectivity index (χ0v) is 9.75. The van der Waals surface area contributed by atoms with Crippen LogP contribution in [-0.2, 0) is 0 Å². The van der Waals surface area contributed by atoms with Gasteiger partial charge in [0.25, 0.3) is 0 Å². The number of carbonyl (C=O) groups excluding carboxylic acids is 1. The van der Waals surface area contributed by atoms with Crippen LogP contribution in [0.2, 0.25) is 0 Å². The molecule has 0 aliphatic heterocycles. The number of aromatic nitrogens is 1. The van der Waals surface area contributed by atoms with E-state index in [0.717, 1.165) is 0 Å². The first-order valence-corrected chi connectivity index (χ1v) is 5.30. The minimum absolute atomic E-state index is 0.130. The molecule has 0 aliphatic rings. The monoisotopic (exact) mass is 238 g/mol. The highest BCUT2D eigenvalue weighted by molar-refractivity contribution is 6.10. The van der Waals surface area contributed by atoms with E-state index in [-0.39, 0.29) is 11.5 Å². The summed E-state index contributed by atoms with van der Waals surface area (Å²) in [5, 5.41) is 8.93. The molecule has 0 spiro atoms. The number of ether oxygens (including phenoxy) is 1. The van der Waals surface area contributed by atoms with Gasteiger partial charge in [-0.2, -0.15) is 5.26 Å². The van der Waals surface area contributed by atoms with Crippen molar-refractivity contribution >= 4 is 5.78 Å². The second-order valence-corrected chi connectivity index (χ2v) is 3.57. The molecule has 0 N–H and O–H groups in total.